The van der Waals surface area contributed by atoms with E-state index in [0.29, 0.717) is 18.5 Å². The first-order chi connectivity index (χ1) is 12.6. The Hall–Kier alpha value is -2.17. The lowest BCUT2D eigenvalue weighted by atomic mass is 9.79. The zero-order chi connectivity index (χ0) is 20.2. The highest BCUT2D eigenvalue weighted by molar-refractivity contribution is 5.41. The minimum absolute atomic E-state index is 0.0449. The summed E-state index contributed by atoms with van der Waals surface area (Å²) in [6.45, 7) is 10.7. The highest BCUT2D eigenvalue weighted by Gasteiger charge is 2.33. The summed E-state index contributed by atoms with van der Waals surface area (Å²) in [7, 11) is 0. The topological polar surface area (TPSA) is 23.5 Å². The Kier molecular flexibility index (Phi) is 6.79. The molecule has 1 aromatic rings. The second kappa shape index (κ2) is 8.68. The predicted octanol–water partition coefficient (Wildman–Crippen LogP) is 6.26. The summed E-state index contributed by atoms with van der Waals surface area (Å²) in [6, 6.07) is 3.44. The normalized spacial score (nSPS) is 18.0. The fourth-order valence-corrected chi connectivity index (χ4v) is 3.69. The van der Waals surface area contributed by atoms with Crippen molar-refractivity contribution in [2.45, 2.75) is 51.7 Å². The molecule has 0 aromatic heterocycles. The van der Waals surface area contributed by atoms with Crippen LogP contribution in [-0.2, 0) is 6.18 Å². The summed E-state index contributed by atoms with van der Waals surface area (Å²) in [4.78, 5) is 2.14. The number of aromatic hydroxyl groups is 1. The van der Waals surface area contributed by atoms with Crippen LogP contribution < -0.4 is 0 Å². The highest BCUT2D eigenvalue weighted by Crippen LogP contribution is 2.41. The van der Waals surface area contributed by atoms with Crippen molar-refractivity contribution >= 4 is 0 Å². The van der Waals surface area contributed by atoms with Gasteiger partial charge >= 0.3 is 6.18 Å². The summed E-state index contributed by atoms with van der Waals surface area (Å²) < 4.78 is 39.6. The quantitative estimate of drug-likeness (QED) is 0.604. The maximum absolute atomic E-state index is 13.2. The molecule has 0 saturated heterocycles. The second-order valence-electron chi connectivity index (χ2n) is 7.40. The molecule has 2 rings (SSSR count). The third-order valence-corrected chi connectivity index (χ3v) is 5.08. The van der Waals surface area contributed by atoms with E-state index in [-0.39, 0.29) is 23.6 Å². The van der Waals surface area contributed by atoms with E-state index in [9.17, 15) is 18.3 Å². The molecule has 5 heteroatoms. The number of phenolic OH excluding ortho intramolecular Hbond substituents is 1. The van der Waals surface area contributed by atoms with Gasteiger partial charge in [-0.05, 0) is 69.2 Å². The lowest BCUT2D eigenvalue weighted by Crippen LogP contribution is -2.31. The molecule has 1 unspecified atom stereocenters. The largest absolute Gasteiger partial charge is 0.508 e. The summed E-state index contributed by atoms with van der Waals surface area (Å²) in [6.07, 6.45) is 4.83. The predicted molar refractivity (Wildman–Crippen MR) is 104 cm³/mol. The van der Waals surface area contributed by atoms with Crippen LogP contribution in [0.3, 0.4) is 0 Å². The lowest BCUT2D eigenvalue weighted by Gasteiger charge is -2.33. The van der Waals surface area contributed by atoms with Crippen LogP contribution in [0.2, 0.25) is 0 Å². The molecule has 0 saturated carbocycles. The van der Waals surface area contributed by atoms with Gasteiger partial charge < -0.3 is 10.0 Å². The first kappa shape index (κ1) is 21.1. The van der Waals surface area contributed by atoms with Crippen LogP contribution in [0.25, 0.3) is 0 Å². The summed E-state index contributed by atoms with van der Waals surface area (Å²) >= 11 is 0. The van der Waals surface area contributed by atoms with Gasteiger partial charge in [-0.25, -0.2) is 0 Å². The van der Waals surface area contributed by atoms with Crippen molar-refractivity contribution in [3.8, 4) is 5.75 Å². The van der Waals surface area contributed by atoms with E-state index in [2.05, 4.69) is 25.3 Å². The monoisotopic (exact) mass is 379 g/mol. The number of hydrogen-bond acceptors (Lipinski definition) is 2. The second-order valence-corrected chi connectivity index (χ2v) is 7.40. The molecule has 2 atom stereocenters. The number of halogens is 3. The first-order valence-electron chi connectivity index (χ1n) is 9.26. The zero-order valence-corrected chi connectivity index (χ0v) is 16.1. The van der Waals surface area contributed by atoms with Crippen molar-refractivity contribution in [3.63, 3.8) is 0 Å². The molecule has 1 aliphatic carbocycles. The van der Waals surface area contributed by atoms with Gasteiger partial charge in [-0.15, -0.1) is 0 Å². The van der Waals surface area contributed by atoms with Crippen molar-refractivity contribution in [1.29, 1.82) is 0 Å². The van der Waals surface area contributed by atoms with E-state index in [0.717, 1.165) is 30.3 Å². The molecule has 0 aliphatic heterocycles. The third kappa shape index (κ3) is 5.41. The summed E-state index contributed by atoms with van der Waals surface area (Å²) in [5.74, 6) is -0.250. The van der Waals surface area contributed by atoms with Gasteiger partial charge in [0, 0.05) is 18.3 Å². The van der Waals surface area contributed by atoms with Gasteiger partial charge in [-0.3, -0.25) is 0 Å². The Balaban J connectivity index is 2.37. The van der Waals surface area contributed by atoms with Gasteiger partial charge in [0.15, 0.2) is 0 Å². The van der Waals surface area contributed by atoms with E-state index >= 15 is 0 Å². The molecule has 0 heterocycles. The third-order valence-electron chi connectivity index (χ3n) is 5.08. The number of rotatable bonds is 7. The molecule has 0 radical (unpaired) electrons. The van der Waals surface area contributed by atoms with Crippen molar-refractivity contribution in [2.75, 3.05) is 6.54 Å². The Morgan fingerprint density at radius 2 is 2.00 bits per heavy atom. The average Bonchev–Trinajstić information content (AvgIpc) is 2.58. The fourth-order valence-electron chi connectivity index (χ4n) is 3.69. The number of hydrogen-bond donors (Lipinski definition) is 1. The molecule has 2 nitrogen and oxygen atoms in total. The number of nitrogens with zero attached hydrogens (tertiary/aromatic N) is 1. The minimum atomic E-state index is -4.43. The molecule has 0 amide bonds. The number of phenols is 1. The van der Waals surface area contributed by atoms with E-state index in [1.807, 2.05) is 31.2 Å². The molecule has 27 heavy (non-hydrogen) atoms. The van der Waals surface area contributed by atoms with E-state index in [1.54, 1.807) is 0 Å². The SMILES string of the molecule is C=C(C)N(CC[C@@H](c1cc(C(F)(F)F)ccc1O)C1C=CC=CC1)C(C)C. The molecular formula is C22H28F3NO. The Labute approximate surface area is 159 Å². The van der Waals surface area contributed by atoms with Crippen LogP contribution in [0, 0.1) is 5.92 Å². The van der Waals surface area contributed by atoms with Crippen LogP contribution in [0.5, 0.6) is 5.75 Å². The zero-order valence-electron chi connectivity index (χ0n) is 16.1. The van der Waals surface area contributed by atoms with Gasteiger partial charge in [0.2, 0.25) is 0 Å². The first-order valence-corrected chi connectivity index (χ1v) is 9.26. The molecule has 148 valence electrons. The van der Waals surface area contributed by atoms with Gasteiger partial charge in [-0.2, -0.15) is 13.2 Å². The fraction of sp³-hybridized carbons (Fsp3) is 0.455. The van der Waals surface area contributed by atoms with E-state index in [4.69, 9.17) is 0 Å². The van der Waals surface area contributed by atoms with E-state index in [1.165, 1.54) is 0 Å². The van der Waals surface area contributed by atoms with Gasteiger partial charge in [0.25, 0.3) is 0 Å². The van der Waals surface area contributed by atoms with Crippen LogP contribution in [-0.4, -0.2) is 22.6 Å². The standard InChI is InChI=1S/C22H28F3NO/c1-15(2)26(16(3)4)13-12-19(17-8-6-5-7-9-17)20-14-18(22(23,24)25)10-11-21(20)27/h5-8,10-11,14,16-17,19,27H,1,9,12-13H2,2-4H3/t17?,19-/m1/s1. The number of allylic oxidation sites excluding steroid dienone is 5. The maximum Gasteiger partial charge on any atom is 0.416 e. The van der Waals surface area contributed by atoms with Crippen molar-refractivity contribution in [3.05, 3.63) is 65.9 Å². The van der Waals surface area contributed by atoms with Crippen LogP contribution in [0.1, 0.15) is 50.7 Å². The molecule has 1 N–H and O–H groups in total. The summed E-state index contributed by atoms with van der Waals surface area (Å²) in [5, 5.41) is 10.3. The lowest BCUT2D eigenvalue weighted by molar-refractivity contribution is -0.137. The smallest absolute Gasteiger partial charge is 0.416 e. The number of benzene rings is 1. The molecule has 0 spiro atoms. The molecule has 0 bridgehead atoms. The van der Waals surface area contributed by atoms with Crippen LogP contribution in [0.4, 0.5) is 13.2 Å². The minimum Gasteiger partial charge on any atom is -0.508 e. The Morgan fingerprint density at radius 1 is 1.30 bits per heavy atom. The Morgan fingerprint density at radius 3 is 2.52 bits per heavy atom. The van der Waals surface area contributed by atoms with Gasteiger partial charge in [-0.1, -0.05) is 30.9 Å². The maximum atomic E-state index is 13.2. The molecular weight excluding hydrogens is 351 g/mol. The van der Waals surface area contributed by atoms with Crippen molar-refractivity contribution in [1.82, 2.24) is 4.90 Å². The highest BCUT2D eigenvalue weighted by atomic mass is 19.4. The van der Waals surface area contributed by atoms with Crippen molar-refractivity contribution < 1.29 is 18.3 Å². The van der Waals surface area contributed by atoms with Crippen molar-refractivity contribution in [2.24, 2.45) is 5.92 Å². The van der Waals surface area contributed by atoms with Gasteiger partial charge in [0.1, 0.15) is 5.75 Å². The average molecular weight is 379 g/mol. The summed E-state index contributed by atoms with van der Waals surface area (Å²) in [5.41, 5.74) is 0.563. The Bertz CT molecular complexity index is 719. The van der Waals surface area contributed by atoms with E-state index < -0.39 is 11.7 Å². The number of alkyl halides is 3. The molecule has 1 aliphatic rings. The molecule has 1 aromatic carbocycles. The molecule has 0 fully saturated rings. The van der Waals surface area contributed by atoms with Gasteiger partial charge in [0.05, 0.1) is 5.56 Å². The van der Waals surface area contributed by atoms with Crippen LogP contribution >= 0.6 is 0 Å². The van der Waals surface area contributed by atoms with Crippen LogP contribution in [0.15, 0.2) is 54.8 Å².